The van der Waals surface area contributed by atoms with Gasteiger partial charge in [0.1, 0.15) is 10.1 Å². The van der Waals surface area contributed by atoms with Crippen LogP contribution >= 0.6 is 24.0 Å². The number of anilines is 1. The smallest absolute Gasteiger partial charge is 0.335 e. The molecule has 3 rings (SSSR count). The van der Waals surface area contributed by atoms with Crippen molar-refractivity contribution in [3.05, 3.63) is 64.6 Å². The average Bonchev–Trinajstić information content (AvgIpc) is 2.93. The molecule has 3 N–H and O–H groups in total. The number of benzene rings is 2. The normalized spacial score (nSPS) is 15.0. The Kier molecular flexibility index (Phi) is 6.30. The maximum atomic E-state index is 12.6. The van der Waals surface area contributed by atoms with Crippen LogP contribution in [0.3, 0.4) is 0 Å². The molecule has 2 amide bonds. The van der Waals surface area contributed by atoms with Gasteiger partial charge < -0.3 is 15.5 Å². The quantitative estimate of drug-likeness (QED) is 0.479. The number of thioether (sulfide) groups is 1. The van der Waals surface area contributed by atoms with Gasteiger partial charge in [0.05, 0.1) is 10.5 Å². The molecule has 0 atom stereocenters. The van der Waals surface area contributed by atoms with E-state index in [-0.39, 0.29) is 36.1 Å². The molecule has 0 aromatic heterocycles. The van der Waals surface area contributed by atoms with Crippen molar-refractivity contribution in [3.63, 3.8) is 0 Å². The first-order valence-corrected chi connectivity index (χ1v) is 9.73. The Bertz CT molecular complexity index is 1020. The number of phenolic OH excluding ortho intramolecular Hbond substituents is 1. The highest BCUT2D eigenvalue weighted by molar-refractivity contribution is 8.26. The molecule has 1 aliphatic heterocycles. The number of rotatable bonds is 6. The Morgan fingerprint density at radius 2 is 1.90 bits per heavy atom. The van der Waals surface area contributed by atoms with Crippen molar-refractivity contribution in [2.45, 2.75) is 6.42 Å². The van der Waals surface area contributed by atoms with Crippen LogP contribution in [0.2, 0.25) is 0 Å². The number of phenols is 1. The minimum atomic E-state index is -1.05. The van der Waals surface area contributed by atoms with E-state index in [0.29, 0.717) is 20.5 Å². The summed E-state index contributed by atoms with van der Waals surface area (Å²) in [7, 11) is 0. The van der Waals surface area contributed by atoms with Crippen LogP contribution in [0, 0.1) is 0 Å². The second-order valence-electron chi connectivity index (χ2n) is 6.11. The zero-order valence-corrected chi connectivity index (χ0v) is 16.6. The van der Waals surface area contributed by atoms with E-state index in [0.717, 1.165) is 11.8 Å². The second kappa shape index (κ2) is 8.89. The van der Waals surface area contributed by atoms with Gasteiger partial charge in [0.2, 0.25) is 5.91 Å². The molecule has 9 heteroatoms. The van der Waals surface area contributed by atoms with Gasteiger partial charge in [-0.05, 0) is 48.0 Å². The van der Waals surface area contributed by atoms with Gasteiger partial charge in [-0.3, -0.25) is 14.5 Å². The summed E-state index contributed by atoms with van der Waals surface area (Å²) in [5, 5.41) is 21.1. The number of thiocarbonyl (C=S) groups is 1. The van der Waals surface area contributed by atoms with Crippen molar-refractivity contribution in [1.82, 2.24) is 4.90 Å². The van der Waals surface area contributed by atoms with E-state index >= 15 is 0 Å². The van der Waals surface area contributed by atoms with Crippen LogP contribution in [0.5, 0.6) is 5.75 Å². The number of carbonyl (C=O) groups excluding carboxylic acids is 2. The Morgan fingerprint density at radius 3 is 2.55 bits per heavy atom. The second-order valence-corrected chi connectivity index (χ2v) is 7.78. The molecule has 1 heterocycles. The summed E-state index contributed by atoms with van der Waals surface area (Å²) in [6.45, 7) is 0.126. The van der Waals surface area contributed by atoms with Crippen LogP contribution in [0.1, 0.15) is 22.3 Å². The Morgan fingerprint density at radius 1 is 1.17 bits per heavy atom. The van der Waals surface area contributed by atoms with E-state index in [2.05, 4.69) is 5.32 Å². The highest BCUT2D eigenvalue weighted by Crippen LogP contribution is 2.33. The van der Waals surface area contributed by atoms with Crippen LogP contribution in [0.15, 0.2) is 53.4 Å². The minimum absolute atomic E-state index is 0.0343. The maximum Gasteiger partial charge on any atom is 0.335 e. The summed E-state index contributed by atoms with van der Waals surface area (Å²) in [6.07, 6.45) is 1.68. The first-order valence-electron chi connectivity index (χ1n) is 8.51. The van der Waals surface area contributed by atoms with Crippen LogP contribution in [0.4, 0.5) is 5.69 Å². The van der Waals surface area contributed by atoms with E-state index in [9.17, 15) is 19.5 Å². The summed E-state index contributed by atoms with van der Waals surface area (Å²) in [5.74, 6) is -1.56. The Balaban J connectivity index is 1.58. The number of carboxylic acids is 1. The SMILES string of the molecule is O=C(CCN1C(=O)/C(=C/c2cccc(O)c2)SC1=S)Nc1ccc(C(=O)O)cc1. The molecule has 0 unspecified atom stereocenters. The Hall–Kier alpha value is -3.17. The van der Waals surface area contributed by atoms with Gasteiger partial charge in [-0.1, -0.05) is 36.1 Å². The first-order chi connectivity index (χ1) is 13.8. The van der Waals surface area contributed by atoms with Crippen molar-refractivity contribution < 1.29 is 24.6 Å². The molecule has 1 fully saturated rings. The standard InChI is InChI=1S/C20H16N2O5S2/c23-15-3-1-2-12(10-15)11-16-18(25)22(20(28)29-16)9-8-17(24)21-14-6-4-13(5-7-14)19(26)27/h1-7,10-11,23H,8-9H2,(H,21,24)(H,26,27)/b16-11-. The first kappa shape index (κ1) is 20.6. The third kappa shape index (κ3) is 5.21. The predicted octanol–water partition coefficient (Wildman–Crippen LogP) is 3.32. The number of hydrogen-bond acceptors (Lipinski definition) is 6. The fourth-order valence-electron chi connectivity index (χ4n) is 2.59. The van der Waals surface area contributed by atoms with Crippen molar-refractivity contribution in [2.75, 3.05) is 11.9 Å². The Labute approximate surface area is 176 Å². The molecule has 2 aromatic rings. The van der Waals surface area contributed by atoms with Gasteiger partial charge >= 0.3 is 5.97 Å². The van der Waals surface area contributed by atoms with Crippen LogP contribution in [-0.4, -0.2) is 43.8 Å². The number of carbonyl (C=O) groups is 3. The summed E-state index contributed by atoms with van der Waals surface area (Å²) in [5.41, 5.74) is 1.27. The van der Waals surface area contributed by atoms with E-state index < -0.39 is 5.97 Å². The molecule has 0 saturated carbocycles. The van der Waals surface area contributed by atoms with Gasteiger partial charge in [0, 0.05) is 18.7 Å². The van der Waals surface area contributed by atoms with E-state index in [4.69, 9.17) is 17.3 Å². The number of nitrogens with zero attached hydrogens (tertiary/aromatic N) is 1. The fourth-order valence-corrected chi connectivity index (χ4v) is 3.90. The van der Waals surface area contributed by atoms with Gasteiger partial charge in [0.25, 0.3) is 5.91 Å². The number of carboxylic acid groups (broad SMARTS) is 1. The summed E-state index contributed by atoms with van der Waals surface area (Å²) in [6, 6.07) is 12.3. The highest BCUT2D eigenvalue weighted by Gasteiger charge is 2.32. The van der Waals surface area contributed by atoms with Crippen molar-refractivity contribution in [1.29, 1.82) is 0 Å². The molecule has 0 spiro atoms. The van der Waals surface area contributed by atoms with Crippen LogP contribution < -0.4 is 5.32 Å². The molecule has 0 aliphatic carbocycles. The predicted molar refractivity (Wildman–Crippen MR) is 115 cm³/mol. The fraction of sp³-hybridized carbons (Fsp3) is 0.100. The number of nitrogens with one attached hydrogen (secondary N) is 1. The molecule has 1 saturated heterocycles. The molecule has 0 radical (unpaired) electrons. The number of amides is 2. The lowest BCUT2D eigenvalue weighted by Gasteiger charge is -2.14. The third-order valence-electron chi connectivity index (χ3n) is 4.02. The largest absolute Gasteiger partial charge is 0.508 e. The van der Waals surface area contributed by atoms with Crippen molar-refractivity contribution in [2.24, 2.45) is 0 Å². The van der Waals surface area contributed by atoms with Gasteiger partial charge in [-0.25, -0.2) is 4.79 Å². The van der Waals surface area contributed by atoms with E-state index in [1.807, 2.05) is 0 Å². The topological polar surface area (TPSA) is 107 Å². The van der Waals surface area contributed by atoms with Gasteiger partial charge in [0.15, 0.2) is 0 Å². The summed E-state index contributed by atoms with van der Waals surface area (Å²) in [4.78, 5) is 37.4. The number of aromatic hydroxyl groups is 1. The molecular weight excluding hydrogens is 412 g/mol. The number of hydrogen-bond donors (Lipinski definition) is 3. The molecule has 0 bridgehead atoms. The van der Waals surface area contributed by atoms with E-state index in [1.165, 1.54) is 41.3 Å². The molecule has 7 nitrogen and oxygen atoms in total. The zero-order chi connectivity index (χ0) is 21.0. The number of aromatic carboxylic acids is 1. The molecule has 29 heavy (non-hydrogen) atoms. The minimum Gasteiger partial charge on any atom is -0.508 e. The van der Waals surface area contributed by atoms with Gasteiger partial charge in [-0.2, -0.15) is 0 Å². The monoisotopic (exact) mass is 428 g/mol. The average molecular weight is 428 g/mol. The molecule has 148 valence electrons. The van der Waals surface area contributed by atoms with Gasteiger partial charge in [-0.15, -0.1) is 0 Å². The van der Waals surface area contributed by atoms with E-state index in [1.54, 1.807) is 18.2 Å². The third-order valence-corrected chi connectivity index (χ3v) is 5.40. The van der Waals surface area contributed by atoms with Crippen molar-refractivity contribution >= 4 is 57.8 Å². The van der Waals surface area contributed by atoms with Crippen LogP contribution in [0.25, 0.3) is 6.08 Å². The molecule has 2 aromatic carbocycles. The summed E-state index contributed by atoms with van der Waals surface area (Å²) >= 11 is 6.39. The highest BCUT2D eigenvalue weighted by atomic mass is 32.2. The molecular formula is C20H16N2O5S2. The maximum absolute atomic E-state index is 12.6. The van der Waals surface area contributed by atoms with Crippen molar-refractivity contribution in [3.8, 4) is 5.75 Å². The lowest BCUT2D eigenvalue weighted by atomic mass is 10.2. The summed E-state index contributed by atoms with van der Waals surface area (Å²) < 4.78 is 0.361. The van der Waals surface area contributed by atoms with Crippen LogP contribution in [-0.2, 0) is 9.59 Å². The lowest BCUT2D eigenvalue weighted by Crippen LogP contribution is -2.31. The molecule has 1 aliphatic rings. The lowest BCUT2D eigenvalue weighted by molar-refractivity contribution is -0.122. The zero-order valence-electron chi connectivity index (χ0n) is 15.0.